The van der Waals surface area contributed by atoms with Gasteiger partial charge in [0.25, 0.3) is 0 Å². The van der Waals surface area contributed by atoms with Crippen LogP contribution < -0.4 is 0 Å². The first kappa shape index (κ1) is 16.8. The normalized spacial score (nSPS) is 23.1. The Morgan fingerprint density at radius 3 is 2.68 bits per heavy atom. The number of rotatable bonds is 7. The largest absolute Gasteiger partial charge is 0.477 e. The van der Waals surface area contributed by atoms with Crippen molar-refractivity contribution in [2.75, 3.05) is 0 Å². The number of nitrogens with zero attached hydrogens (tertiary/aromatic N) is 1. The molecular weight excluding hydrogens is 362 g/mol. The molecule has 2 heterocycles. The minimum atomic E-state index is -3.73. The lowest BCUT2D eigenvalue weighted by Gasteiger charge is -2.20. The Morgan fingerprint density at radius 2 is 2.12 bits per heavy atom. The standard InChI is InChI=1S/C17H19NO5S2/c1-10-6-14(10)15-5-4-12(23-15)8-18(11-2-3-11)25(21,22)13-7-16(17(19)20)24-9-13/h4-5,7,9-11,14H,2-3,6,8H2,1H3,(H,19,20). The van der Waals surface area contributed by atoms with Gasteiger partial charge in [0.15, 0.2) is 0 Å². The molecule has 0 aliphatic heterocycles. The summed E-state index contributed by atoms with van der Waals surface area (Å²) in [4.78, 5) is 11.1. The number of furan rings is 1. The molecule has 0 spiro atoms. The van der Waals surface area contributed by atoms with Crippen LogP contribution >= 0.6 is 11.3 Å². The Bertz CT molecular complexity index is 909. The number of thiophene rings is 1. The fraction of sp³-hybridized carbons (Fsp3) is 0.471. The van der Waals surface area contributed by atoms with E-state index in [4.69, 9.17) is 9.52 Å². The maximum atomic E-state index is 13.0. The van der Waals surface area contributed by atoms with Crippen molar-refractivity contribution in [1.29, 1.82) is 0 Å². The Hall–Kier alpha value is -1.64. The molecule has 0 aromatic carbocycles. The second-order valence-corrected chi connectivity index (χ2v) is 9.66. The zero-order valence-electron chi connectivity index (χ0n) is 13.7. The summed E-state index contributed by atoms with van der Waals surface area (Å²) >= 11 is 0.928. The SMILES string of the molecule is CC1CC1c1ccc(CN(C2CC2)S(=O)(=O)c2csc(C(=O)O)c2)o1. The summed E-state index contributed by atoms with van der Waals surface area (Å²) in [6.45, 7) is 2.36. The van der Waals surface area contributed by atoms with Crippen LogP contribution in [0, 0.1) is 5.92 Å². The van der Waals surface area contributed by atoms with Gasteiger partial charge in [-0.2, -0.15) is 4.31 Å². The fourth-order valence-electron chi connectivity index (χ4n) is 3.03. The number of carboxylic acids is 1. The second-order valence-electron chi connectivity index (χ2n) is 6.86. The molecule has 2 aromatic rings. The molecule has 2 fully saturated rings. The third-order valence-corrected chi connectivity index (χ3v) is 7.76. The molecule has 2 aliphatic rings. The maximum Gasteiger partial charge on any atom is 0.345 e. The quantitative estimate of drug-likeness (QED) is 0.793. The zero-order chi connectivity index (χ0) is 17.8. The highest BCUT2D eigenvalue weighted by Gasteiger charge is 2.40. The number of aromatic carboxylic acids is 1. The van der Waals surface area contributed by atoms with Gasteiger partial charge >= 0.3 is 5.97 Å². The lowest BCUT2D eigenvalue weighted by molar-refractivity contribution is 0.0702. The van der Waals surface area contributed by atoms with E-state index in [1.165, 1.54) is 15.8 Å². The average molecular weight is 381 g/mol. The smallest absolute Gasteiger partial charge is 0.345 e. The van der Waals surface area contributed by atoms with Gasteiger partial charge in [0.05, 0.1) is 11.4 Å². The molecule has 2 saturated carbocycles. The van der Waals surface area contributed by atoms with Gasteiger partial charge in [0.1, 0.15) is 16.4 Å². The van der Waals surface area contributed by atoms with Crippen molar-refractivity contribution >= 4 is 27.3 Å². The summed E-state index contributed by atoms with van der Waals surface area (Å²) in [5.41, 5.74) is 0. The van der Waals surface area contributed by atoms with Crippen LogP contribution in [0.15, 0.2) is 32.9 Å². The minimum Gasteiger partial charge on any atom is -0.477 e. The first-order valence-electron chi connectivity index (χ1n) is 8.28. The van der Waals surface area contributed by atoms with Gasteiger partial charge < -0.3 is 9.52 Å². The second kappa shape index (κ2) is 5.96. The van der Waals surface area contributed by atoms with Crippen LogP contribution in [0.2, 0.25) is 0 Å². The van der Waals surface area contributed by atoms with Gasteiger partial charge in [-0.15, -0.1) is 11.3 Å². The van der Waals surface area contributed by atoms with Gasteiger partial charge in [-0.3, -0.25) is 0 Å². The number of hydrogen-bond donors (Lipinski definition) is 1. The van der Waals surface area contributed by atoms with E-state index in [9.17, 15) is 13.2 Å². The van der Waals surface area contributed by atoms with Crippen molar-refractivity contribution in [3.05, 3.63) is 40.0 Å². The predicted octanol–water partition coefficient (Wildman–Crippen LogP) is 3.52. The molecule has 0 amide bonds. The van der Waals surface area contributed by atoms with E-state index >= 15 is 0 Å². The van der Waals surface area contributed by atoms with Gasteiger partial charge in [-0.05, 0) is 43.4 Å². The zero-order valence-corrected chi connectivity index (χ0v) is 15.3. The highest BCUT2D eigenvalue weighted by atomic mass is 32.2. The van der Waals surface area contributed by atoms with Crippen LogP contribution in [-0.4, -0.2) is 29.8 Å². The molecule has 0 saturated heterocycles. The highest BCUT2D eigenvalue weighted by Crippen LogP contribution is 2.47. The van der Waals surface area contributed by atoms with Crippen LogP contribution in [0.4, 0.5) is 0 Å². The van der Waals surface area contributed by atoms with E-state index in [0.29, 0.717) is 17.6 Å². The van der Waals surface area contributed by atoms with Crippen LogP contribution in [0.5, 0.6) is 0 Å². The topological polar surface area (TPSA) is 87.8 Å². The monoisotopic (exact) mass is 381 g/mol. The summed E-state index contributed by atoms with van der Waals surface area (Å²) in [7, 11) is -3.73. The molecular formula is C17H19NO5S2. The van der Waals surface area contributed by atoms with Crippen molar-refractivity contribution in [1.82, 2.24) is 4.31 Å². The first-order valence-corrected chi connectivity index (χ1v) is 10.6. The van der Waals surface area contributed by atoms with Crippen LogP contribution in [0.1, 0.15) is 53.3 Å². The lowest BCUT2D eigenvalue weighted by Crippen LogP contribution is -2.32. The molecule has 134 valence electrons. The predicted molar refractivity (Wildman–Crippen MR) is 92.3 cm³/mol. The Labute approximate surface area is 150 Å². The molecule has 0 bridgehead atoms. The molecule has 25 heavy (non-hydrogen) atoms. The fourth-order valence-corrected chi connectivity index (χ4v) is 5.78. The van der Waals surface area contributed by atoms with E-state index < -0.39 is 16.0 Å². The van der Waals surface area contributed by atoms with Gasteiger partial charge in [0.2, 0.25) is 10.0 Å². The van der Waals surface area contributed by atoms with Crippen molar-refractivity contribution in [2.45, 2.75) is 49.6 Å². The molecule has 0 radical (unpaired) electrons. The van der Waals surface area contributed by atoms with Gasteiger partial charge in [-0.1, -0.05) is 6.92 Å². The average Bonchev–Trinajstić information content (AvgIpc) is 3.40. The molecule has 6 nitrogen and oxygen atoms in total. The number of carbonyl (C=O) groups is 1. The summed E-state index contributed by atoms with van der Waals surface area (Å²) in [6.07, 6.45) is 2.76. The van der Waals surface area contributed by atoms with Gasteiger partial charge in [-0.25, -0.2) is 13.2 Å². The molecule has 2 atom stereocenters. The molecule has 1 N–H and O–H groups in total. The Morgan fingerprint density at radius 1 is 1.40 bits per heavy atom. The van der Waals surface area contributed by atoms with E-state index in [1.807, 2.05) is 12.1 Å². The third-order valence-electron chi connectivity index (χ3n) is 4.82. The van der Waals surface area contributed by atoms with E-state index in [2.05, 4.69) is 6.92 Å². The van der Waals surface area contributed by atoms with E-state index in [0.717, 1.165) is 36.4 Å². The third kappa shape index (κ3) is 3.26. The van der Waals surface area contributed by atoms with E-state index in [1.54, 1.807) is 0 Å². The summed E-state index contributed by atoms with van der Waals surface area (Å²) in [5.74, 6) is 1.54. The molecule has 2 aromatic heterocycles. The van der Waals surface area contributed by atoms with Crippen LogP contribution in [0.3, 0.4) is 0 Å². The number of carboxylic acid groups (broad SMARTS) is 1. The number of hydrogen-bond acceptors (Lipinski definition) is 5. The molecule has 2 unspecified atom stereocenters. The highest BCUT2D eigenvalue weighted by molar-refractivity contribution is 7.89. The molecule has 2 aliphatic carbocycles. The lowest BCUT2D eigenvalue weighted by atomic mass is 10.3. The minimum absolute atomic E-state index is 0.0253. The maximum absolute atomic E-state index is 13.0. The van der Waals surface area contributed by atoms with E-state index in [-0.39, 0.29) is 22.4 Å². The van der Waals surface area contributed by atoms with Crippen molar-refractivity contribution in [3.63, 3.8) is 0 Å². The summed E-state index contributed by atoms with van der Waals surface area (Å²) < 4.78 is 33.2. The van der Waals surface area contributed by atoms with Crippen molar-refractivity contribution in [3.8, 4) is 0 Å². The van der Waals surface area contributed by atoms with Crippen LogP contribution in [0.25, 0.3) is 0 Å². The van der Waals surface area contributed by atoms with Crippen molar-refractivity contribution in [2.24, 2.45) is 5.92 Å². The molecule has 4 rings (SSSR count). The number of sulfonamides is 1. The molecule has 8 heteroatoms. The van der Waals surface area contributed by atoms with Gasteiger partial charge in [0, 0.05) is 17.3 Å². The summed E-state index contributed by atoms with van der Waals surface area (Å²) in [5, 5.41) is 10.4. The summed E-state index contributed by atoms with van der Waals surface area (Å²) in [6, 6.07) is 4.99. The Kier molecular flexibility index (Phi) is 4.01. The van der Waals surface area contributed by atoms with Crippen LogP contribution in [-0.2, 0) is 16.6 Å². The first-order chi connectivity index (χ1) is 11.9. The van der Waals surface area contributed by atoms with Crippen molar-refractivity contribution < 1.29 is 22.7 Å². The Balaban J connectivity index is 1.57.